The third kappa shape index (κ3) is 5.78. The molecule has 0 heterocycles. The quantitative estimate of drug-likeness (QED) is 0.534. The van der Waals surface area contributed by atoms with E-state index in [4.69, 9.17) is 14.2 Å². The van der Waals surface area contributed by atoms with E-state index >= 15 is 0 Å². The predicted molar refractivity (Wildman–Crippen MR) is 123 cm³/mol. The highest BCUT2D eigenvalue weighted by Crippen LogP contribution is 2.35. The molecule has 0 saturated carbocycles. The molecule has 0 bridgehead atoms. The van der Waals surface area contributed by atoms with Crippen LogP contribution >= 0.6 is 0 Å². The van der Waals surface area contributed by atoms with Gasteiger partial charge in [-0.15, -0.1) is 0 Å². The molecule has 1 atom stereocenters. The van der Waals surface area contributed by atoms with Crippen molar-refractivity contribution in [2.75, 3.05) is 41.5 Å². The van der Waals surface area contributed by atoms with Crippen LogP contribution in [-0.2, 0) is 12.0 Å². The van der Waals surface area contributed by atoms with Crippen LogP contribution < -0.4 is 14.2 Å². The minimum atomic E-state index is -1.21. The van der Waals surface area contributed by atoms with Crippen molar-refractivity contribution in [3.8, 4) is 17.2 Å². The minimum absolute atomic E-state index is 0.421. The van der Waals surface area contributed by atoms with Gasteiger partial charge in [0, 0.05) is 13.0 Å². The Balaban J connectivity index is 1.90. The Morgan fingerprint density at radius 3 is 1.61 bits per heavy atom. The Bertz CT molecular complexity index is 937. The topological polar surface area (TPSA) is 51.2 Å². The van der Waals surface area contributed by atoms with Gasteiger partial charge in [-0.2, -0.15) is 0 Å². The highest BCUT2D eigenvalue weighted by molar-refractivity contribution is 5.43. The molecule has 3 rings (SSSR count). The number of benzene rings is 3. The Kier molecular flexibility index (Phi) is 7.55. The lowest BCUT2D eigenvalue weighted by Gasteiger charge is -2.30. The molecule has 0 saturated heterocycles. The summed E-state index contributed by atoms with van der Waals surface area (Å²) < 4.78 is 16.4. The van der Waals surface area contributed by atoms with Crippen molar-refractivity contribution >= 4 is 0 Å². The first-order chi connectivity index (χ1) is 14.9. The van der Waals surface area contributed by atoms with Crippen molar-refractivity contribution in [2.24, 2.45) is 0 Å². The monoisotopic (exact) mass is 421 g/mol. The van der Waals surface area contributed by atoms with Gasteiger partial charge in [0.1, 0.15) is 29.5 Å². The van der Waals surface area contributed by atoms with Crippen LogP contribution in [0.15, 0.2) is 72.8 Å². The fraction of sp³-hybridized carbons (Fsp3) is 0.308. The molecule has 164 valence electrons. The zero-order chi connectivity index (χ0) is 22.3. The first kappa shape index (κ1) is 22.7. The maximum atomic E-state index is 11.9. The van der Waals surface area contributed by atoms with Crippen LogP contribution in [0.2, 0.25) is 0 Å². The average molecular weight is 422 g/mol. The van der Waals surface area contributed by atoms with Gasteiger partial charge < -0.3 is 24.2 Å². The molecular formula is C26H31NO4. The first-order valence-corrected chi connectivity index (χ1v) is 10.3. The maximum absolute atomic E-state index is 11.9. The second-order valence-electron chi connectivity index (χ2n) is 7.79. The lowest BCUT2D eigenvalue weighted by Crippen LogP contribution is -2.30. The molecule has 0 aromatic heterocycles. The summed E-state index contributed by atoms with van der Waals surface area (Å²) in [6.07, 6.45) is 0.421. The largest absolute Gasteiger partial charge is 0.497 e. The van der Waals surface area contributed by atoms with Gasteiger partial charge in [0.15, 0.2) is 0 Å². The van der Waals surface area contributed by atoms with Crippen LogP contribution in [0.1, 0.15) is 16.7 Å². The standard InChI is InChI=1S/C26H31NO4/c1-27(2)17-18-31-25-15-9-22(10-16-25)26(28,21-7-13-24(30-4)14-8-21)19-20-5-11-23(29-3)12-6-20/h5-16,28H,17-19H2,1-4H3/t26-/m0/s1. The van der Waals surface area contributed by atoms with Gasteiger partial charge in [-0.1, -0.05) is 36.4 Å². The molecule has 0 aliphatic heterocycles. The molecule has 31 heavy (non-hydrogen) atoms. The van der Waals surface area contributed by atoms with Crippen molar-refractivity contribution in [1.29, 1.82) is 0 Å². The second kappa shape index (κ2) is 10.3. The van der Waals surface area contributed by atoms with Crippen LogP contribution in [-0.4, -0.2) is 51.5 Å². The predicted octanol–water partition coefficient (Wildman–Crippen LogP) is 4.12. The zero-order valence-corrected chi connectivity index (χ0v) is 18.7. The fourth-order valence-electron chi connectivity index (χ4n) is 3.45. The second-order valence-corrected chi connectivity index (χ2v) is 7.79. The molecule has 0 unspecified atom stereocenters. The van der Waals surface area contributed by atoms with E-state index < -0.39 is 5.60 Å². The average Bonchev–Trinajstić information content (AvgIpc) is 2.80. The maximum Gasteiger partial charge on any atom is 0.119 e. The van der Waals surface area contributed by atoms with Gasteiger partial charge in [-0.25, -0.2) is 0 Å². The van der Waals surface area contributed by atoms with Gasteiger partial charge in [0.2, 0.25) is 0 Å². The summed E-state index contributed by atoms with van der Waals surface area (Å²) in [7, 11) is 7.31. The molecule has 5 heteroatoms. The Morgan fingerprint density at radius 1 is 0.710 bits per heavy atom. The molecule has 0 fully saturated rings. The highest BCUT2D eigenvalue weighted by Gasteiger charge is 2.32. The SMILES string of the molecule is COc1ccc(C[C@](O)(c2ccc(OC)cc2)c2ccc(OCCN(C)C)cc2)cc1. The number of methoxy groups -OCH3 is 2. The van der Waals surface area contributed by atoms with Crippen molar-refractivity contribution in [3.05, 3.63) is 89.5 Å². The van der Waals surface area contributed by atoms with Gasteiger partial charge in [0.05, 0.1) is 14.2 Å². The van der Waals surface area contributed by atoms with E-state index in [-0.39, 0.29) is 0 Å². The Labute approximate surface area is 184 Å². The van der Waals surface area contributed by atoms with E-state index in [1.807, 2.05) is 86.9 Å². The van der Waals surface area contributed by atoms with Crippen molar-refractivity contribution in [3.63, 3.8) is 0 Å². The summed E-state index contributed by atoms with van der Waals surface area (Å²) in [5, 5.41) is 11.9. The summed E-state index contributed by atoms with van der Waals surface area (Å²) in [6.45, 7) is 1.45. The van der Waals surface area contributed by atoms with Crippen LogP contribution in [0, 0.1) is 0 Å². The van der Waals surface area contributed by atoms with Crippen LogP contribution in [0.25, 0.3) is 0 Å². The molecule has 5 nitrogen and oxygen atoms in total. The summed E-state index contributed by atoms with van der Waals surface area (Å²) in [4.78, 5) is 2.08. The van der Waals surface area contributed by atoms with E-state index in [0.29, 0.717) is 13.0 Å². The number of ether oxygens (including phenoxy) is 3. The minimum Gasteiger partial charge on any atom is -0.497 e. The third-order valence-electron chi connectivity index (χ3n) is 5.33. The van der Waals surface area contributed by atoms with Gasteiger partial charge in [0.25, 0.3) is 0 Å². The molecule has 0 spiro atoms. The van der Waals surface area contributed by atoms with Crippen molar-refractivity contribution in [1.82, 2.24) is 4.90 Å². The summed E-state index contributed by atoms with van der Waals surface area (Å²) in [6, 6.07) is 23.0. The molecular weight excluding hydrogens is 390 g/mol. The van der Waals surface area contributed by atoms with E-state index in [1.54, 1.807) is 14.2 Å². The number of likely N-dealkylation sites (N-methyl/N-ethyl adjacent to an activating group) is 1. The number of nitrogens with zero attached hydrogens (tertiary/aromatic N) is 1. The smallest absolute Gasteiger partial charge is 0.119 e. The number of hydrogen-bond acceptors (Lipinski definition) is 5. The first-order valence-electron chi connectivity index (χ1n) is 10.3. The van der Waals surface area contributed by atoms with E-state index in [9.17, 15) is 5.11 Å². The number of rotatable bonds is 10. The van der Waals surface area contributed by atoms with Crippen LogP contribution in [0.5, 0.6) is 17.2 Å². The molecule has 1 N–H and O–H groups in total. The third-order valence-corrected chi connectivity index (χ3v) is 5.33. The van der Waals surface area contributed by atoms with Crippen molar-refractivity contribution < 1.29 is 19.3 Å². The van der Waals surface area contributed by atoms with Crippen LogP contribution in [0.3, 0.4) is 0 Å². The highest BCUT2D eigenvalue weighted by atomic mass is 16.5. The normalized spacial score (nSPS) is 13.0. The van der Waals surface area contributed by atoms with Gasteiger partial charge >= 0.3 is 0 Å². The molecule has 0 aliphatic rings. The van der Waals surface area contributed by atoms with E-state index in [2.05, 4.69) is 4.90 Å². The molecule has 3 aromatic rings. The van der Waals surface area contributed by atoms with Gasteiger partial charge in [-0.05, 0) is 67.2 Å². The molecule has 0 amide bonds. The lowest BCUT2D eigenvalue weighted by atomic mass is 9.81. The Morgan fingerprint density at radius 2 is 1.16 bits per heavy atom. The van der Waals surface area contributed by atoms with Gasteiger partial charge in [-0.3, -0.25) is 0 Å². The molecule has 0 aliphatic carbocycles. The molecule has 3 aromatic carbocycles. The number of hydrogen-bond donors (Lipinski definition) is 1. The summed E-state index contributed by atoms with van der Waals surface area (Å²) >= 11 is 0. The lowest BCUT2D eigenvalue weighted by molar-refractivity contribution is 0.0810. The zero-order valence-electron chi connectivity index (χ0n) is 18.7. The van der Waals surface area contributed by atoms with E-state index in [0.717, 1.165) is 40.5 Å². The fourth-order valence-corrected chi connectivity index (χ4v) is 3.45. The summed E-state index contributed by atoms with van der Waals surface area (Å²) in [5.41, 5.74) is 1.40. The molecule has 0 radical (unpaired) electrons. The summed E-state index contributed by atoms with van der Waals surface area (Å²) in [5.74, 6) is 2.32. The Hall–Kier alpha value is -3.02. The van der Waals surface area contributed by atoms with E-state index in [1.165, 1.54) is 0 Å². The number of aliphatic hydroxyl groups is 1. The van der Waals surface area contributed by atoms with Crippen molar-refractivity contribution in [2.45, 2.75) is 12.0 Å². The van der Waals surface area contributed by atoms with Crippen LogP contribution in [0.4, 0.5) is 0 Å².